The zero-order valence-corrected chi connectivity index (χ0v) is 9.04. The molecule has 0 heterocycles. The molecule has 1 fully saturated rings. The molecule has 0 aromatic carbocycles. The molecular weight excluding hydrogens is 174 g/mol. The molecule has 14 heavy (non-hydrogen) atoms. The first-order valence-corrected chi connectivity index (χ1v) is 5.73. The number of hydrogen-bond acceptors (Lipinski definition) is 2. The van der Waals surface area contributed by atoms with Crippen LogP contribution in [-0.4, -0.2) is 18.8 Å². The molecular formula is C12H21NO. The van der Waals surface area contributed by atoms with Crippen LogP contribution in [0.4, 0.5) is 0 Å². The van der Waals surface area contributed by atoms with Gasteiger partial charge < -0.3 is 10.5 Å². The Labute approximate surface area is 86.5 Å². The van der Waals surface area contributed by atoms with Crippen LogP contribution in [0.15, 0.2) is 12.2 Å². The average molecular weight is 195 g/mol. The third-order valence-electron chi connectivity index (χ3n) is 3.93. The number of methoxy groups -OCH3 is 1. The van der Waals surface area contributed by atoms with Crippen molar-refractivity contribution < 1.29 is 4.74 Å². The van der Waals surface area contributed by atoms with E-state index < -0.39 is 0 Å². The first kappa shape index (κ1) is 10.2. The summed E-state index contributed by atoms with van der Waals surface area (Å²) in [7, 11) is 1.82. The minimum Gasteiger partial charge on any atom is -0.381 e. The Morgan fingerprint density at radius 3 is 2.86 bits per heavy atom. The predicted octanol–water partition coefficient (Wildman–Crippen LogP) is 2.24. The number of nitrogens with two attached hydrogens (primary N) is 1. The monoisotopic (exact) mass is 195 g/mol. The van der Waals surface area contributed by atoms with E-state index in [9.17, 15) is 0 Å². The SMILES string of the molecule is COC1CCCC1C1(N)CC=CCC1. The second kappa shape index (κ2) is 4.03. The lowest BCUT2D eigenvalue weighted by Crippen LogP contribution is -2.50. The Morgan fingerprint density at radius 1 is 1.36 bits per heavy atom. The molecule has 80 valence electrons. The molecule has 1 saturated carbocycles. The summed E-state index contributed by atoms with van der Waals surface area (Å²) >= 11 is 0. The van der Waals surface area contributed by atoms with Gasteiger partial charge in [0.1, 0.15) is 0 Å². The molecule has 0 radical (unpaired) electrons. The van der Waals surface area contributed by atoms with Crippen LogP contribution in [0.1, 0.15) is 38.5 Å². The second-order valence-corrected chi connectivity index (χ2v) is 4.76. The van der Waals surface area contributed by atoms with E-state index in [-0.39, 0.29) is 5.54 Å². The molecule has 3 atom stereocenters. The highest BCUT2D eigenvalue weighted by atomic mass is 16.5. The van der Waals surface area contributed by atoms with Gasteiger partial charge in [-0.2, -0.15) is 0 Å². The van der Waals surface area contributed by atoms with Gasteiger partial charge in [-0.05, 0) is 32.1 Å². The molecule has 0 amide bonds. The van der Waals surface area contributed by atoms with Crippen molar-refractivity contribution in [2.75, 3.05) is 7.11 Å². The number of allylic oxidation sites excluding steroid dienone is 1. The summed E-state index contributed by atoms with van der Waals surface area (Å²) in [5.74, 6) is 0.581. The van der Waals surface area contributed by atoms with E-state index >= 15 is 0 Å². The Hall–Kier alpha value is -0.340. The lowest BCUT2D eigenvalue weighted by atomic mass is 9.74. The van der Waals surface area contributed by atoms with Crippen molar-refractivity contribution in [1.29, 1.82) is 0 Å². The van der Waals surface area contributed by atoms with Crippen LogP contribution in [0.5, 0.6) is 0 Å². The quantitative estimate of drug-likeness (QED) is 0.686. The zero-order valence-electron chi connectivity index (χ0n) is 9.04. The molecule has 3 unspecified atom stereocenters. The molecule has 2 aliphatic carbocycles. The molecule has 2 aliphatic rings. The molecule has 2 N–H and O–H groups in total. The van der Waals surface area contributed by atoms with Gasteiger partial charge in [-0.25, -0.2) is 0 Å². The first-order chi connectivity index (χ1) is 6.76. The lowest BCUT2D eigenvalue weighted by Gasteiger charge is -2.39. The standard InChI is InChI=1S/C12H21NO/c1-14-11-7-5-6-10(11)12(13)8-3-2-4-9-12/h2-3,10-11H,4-9,13H2,1H3. The van der Waals surface area contributed by atoms with Gasteiger partial charge in [0.2, 0.25) is 0 Å². The van der Waals surface area contributed by atoms with Crippen LogP contribution >= 0.6 is 0 Å². The number of hydrogen-bond donors (Lipinski definition) is 1. The Bertz CT molecular complexity index is 226. The van der Waals surface area contributed by atoms with Gasteiger partial charge in [0.15, 0.2) is 0 Å². The maximum atomic E-state index is 6.50. The van der Waals surface area contributed by atoms with E-state index in [0.717, 1.165) is 19.3 Å². The van der Waals surface area contributed by atoms with Crippen molar-refractivity contribution in [3.63, 3.8) is 0 Å². The van der Waals surface area contributed by atoms with Gasteiger partial charge in [-0.1, -0.05) is 18.6 Å². The average Bonchev–Trinajstić information content (AvgIpc) is 2.67. The summed E-state index contributed by atoms with van der Waals surface area (Å²) in [6, 6.07) is 0. The van der Waals surface area contributed by atoms with E-state index in [1.807, 2.05) is 7.11 Å². The minimum absolute atomic E-state index is 0.0198. The van der Waals surface area contributed by atoms with Gasteiger partial charge in [0, 0.05) is 18.6 Å². The largest absolute Gasteiger partial charge is 0.381 e. The van der Waals surface area contributed by atoms with Crippen molar-refractivity contribution in [3.05, 3.63) is 12.2 Å². The fourth-order valence-electron chi connectivity index (χ4n) is 3.08. The molecule has 0 aromatic heterocycles. The van der Waals surface area contributed by atoms with Crippen LogP contribution in [0, 0.1) is 5.92 Å². The maximum absolute atomic E-state index is 6.50. The molecule has 0 saturated heterocycles. The highest BCUT2D eigenvalue weighted by molar-refractivity contribution is 5.07. The summed E-state index contributed by atoms with van der Waals surface area (Å²) < 4.78 is 5.54. The van der Waals surface area contributed by atoms with E-state index in [4.69, 9.17) is 10.5 Å². The fourth-order valence-corrected chi connectivity index (χ4v) is 3.08. The van der Waals surface area contributed by atoms with Gasteiger partial charge in [0.05, 0.1) is 6.10 Å². The van der Waals surface area contributed by atoms with Crippen molar-refractivity contribution in [1.82, 2.24) is 0 Å². The molecule has 0 aliphatic heterocycles. The molecule has 0 aromatic rings. The zero-order chi connectivity index (χ0) is 10.0. The molecule has 2 heteroatoms. The summed E-state index contributed by atoms with van der Waals surface area (Å²) in [5, 5.41) is 0. The summed E-state index contributed by atoms with van der Waals surface area (Å²) in [6.45, 7) is 0. The van der Waals surface area contributed by atoms with Crippen molar-refractivity contribution >= 4 is 0 Å². The smallest absolute Gasteiger partial charge is 0.0617 e. The number of rotatable bonds is 2. The maximum Gasteiger partial charge on any atom is 0.0617 e. The molecule has 0 spiro atoms. The third kappa shape index (κ3) is 1.73. The fraction of sp³-hybridized carbons (Fsp3) is 0.833. The lowest BCUT2D eigenvalue weighted by molar-refractivity contribution is 0.0348. The van der Waals surface area contributed by atoms with Crippen LogP contribution in [0.2, 0.25) is 0 Å². The van der Waals surface area contributed by atoms with Crippen molar-refractivity contribution in [3.8, 4) is 0 Å². The van der Waals surface area contributed by atoms with Crippen LogP contribution in [0.3, 0.4) is 0 Å². The highest BCUT2D eigenvalue weighted by Gasteiger charge is 2.42. The highest BCUT2D eigenvalue weighted by Crippen LogP contribution is 2.40. The summed E-state index contributed by atoms with van der Waals surface area (Å²) in [5.41, 5.74) is 6.52. The molecule has 0 bridgehead atoms. The molecule has 2 rings (SSSR count). The van der Waals surface area contributed by atoms with Crippen LogP contribution < -0.4 is 5.73 Å². The van der Waals surface area contributed by atoms with E-state index in [2.05, 4.69) is 12.2 Å². The Kier molecular flexibility index (Phi) is 2.93. The predicted molar refractivity (Wildman–Crippen MR) is 58.0 cm³/mol. The number of ether oxygens (including phenoxy) is 1. The first-order valence-electron chi connectivity index (χ1n) is 5.73. The van der Waals surface area contributed by atoms with Gasteiger partial charge in [-0.15, -0.1) is 0 Å². The van der Waals surface area contributed by atoms with E-state index in [1.54, 1.807) is 0 Å². The molecule has 2 nitrogen and oxygen atoms in total. The van der Waals surface area contributed by atoms with Crippen LogP contribution in [-0.2, 0) is 4.74 Å². The summed E-state index contributed by atoms with van der Waals surface area (Å²) in [6.07, 6.45) is 12.0. The summed E-state index contributed by atoms with van der Waals surface area (Å²) in [4.78, 5) is 0. The Morgan fingerprint density at radius 2 is 2.21 bits per heavy atom. The minimum atomic E-state index is 0.0198. The van der Waals surface area contributed by atoms with E-state index in [0.29, 0.717) is 12.0 Å². The second-order valence-electron chi connectivity index (χ2n) is 4.76. The Balaban J connectivity index is 2.08. The third-order valence-corrected chi connectivity index (χ3v) is 3.93. The van der Waals surface area contributed by atoms with Crippen LogP contribution in [0.25, 0.3) is 0 Å². The van der Waals surface area contributed by atoms with E-state index in [1.165, 1.54) is 19.3 Å². The van der Waals surface area contributed by atoms with Gasteiger partial charge in [0.25, 0.3) is 0 Å². The van der Waals surface area contributed by atoms with Crippen molar-refractivity contribution in [2.24, 2.45) is 11.7 Å². The normalized spacial score (nSPS) is 43.0. The van der Waals surface area contributed by atoms with Gasteiger partial charge in [-0.3, -0.25) is 0 Å². The van der Waals surface area contributed by atoms with Crippen molar-refractivity contribution in [2.45, 2.75) is 50.2 Å². The van der Waals surface area contributed by atoms with Gasteiger partial charge >= 0.3 is 0 Å². The topological polar surface area (TPSA) is 35.2 Å².